The van der Waals surface area contributed by atoms with Crippen molar-refractivity contribution >= 4 is 17.4 Å². The summed E-state index contributed by atoms with van der Waals surface area (Å²) in [5.41, 5.74) is 2.59. The molecule has 6 nitrogen and oxygen atoms in total. The maximum Gasteiger partial charge on any atom is 0.261 e. The van der Waals surface area contributed by atoms with Crippen LogP contribution in [0.15, 0.2) is 48.9 Å². The van der Waals surface area contributed by atoms with Gasteiger partial charge in [-0.1, -0.05) is 13.8 Å². The summed E-state index contributed by atoms with van der Waals surface area (Å²) in [6.45, 7) is 4.69. The average molecular weight is 423 g/mol. The number of anilines is 2. The molecule has 1 atom stereocenters. The fourth-order valence-corrected chi connectivity index (χ4v) is 3.58. The number of nitrogens with zero attached hydrogens (tertiary/aromatic N) is 4. The SMILES string of the molecule is CC(C)c1ccc(NC(=O)c2c(-c3ccc(F)cc3)ncnc2N2CC[C@H](F)C2)cn1. The van der Waals surface area contributed by atoms with Gasteiger partial charge in [0.05, 0.1) is 24.1 Å². The summed E-state index contributed by atoms with van der Waals surface area (Å²) in [5.74, 6) is -0.192. The quantitative estimate of drug-likeness (QED) is 0.649. The maximum absolute atomic E-state index is 13.9. The van der Waals surface area contributed by atoms with Crippen molar-refractivity contribution < 1.29 is 13.6 Å². The van der Waals surface area contributed by atoms with Gasteiger partial charge in [0.2, 0.25) is 0 Å². The van der Waals surface area contributed by atoms with Gasteiger partial charge in [0.25, 0.3) is 5.91 Å². The molecule has 0 unspecified atom stereocenters. The van der Waals surface area contributed by atoms with E-state index in [0.717, 1.165) is 5.69 Å². The van der Waals surface area contributed by atoms with Gasteiger partial charge in [-0.3, -0.25) is 9.78 Å². The van der Waals surface area contributed by atoms with Crippen molar-refractivity contribution in [3.8, 4) is 11.3 Å². The lowest BCUT2D eigenvalue weighted by molar-refractivity contribution is 0.102. The summed E-state index contributed by atoms with van der Waals surface area (Å²) >= 11 is 0. The molecule has 0 spiro atoms. The molecule has 31 heavy (non-hydrogen) atoms. The summed E-state index contributed by atoms with van der Waals surface area (Å²) < 4.78 is 27.3. The standard InChI is InChI=1S/C23H23F2N5O/c1-14(2)19-8-7-18(11-26-19)29-23(31)20-21(15-3-5-16(24)6-4-15)27-13-28-22(20)30-10-9-17(25)12-30/h3-8,11,13-14,17H,9-10,12H2,1-2H3,(H,29,31)/t17-/m0/s1. The largest absolute Gasteiger partial charge is 0.353 e. The van der Waals surface area contributed by atoms with Crippen LogP contribution in [0.5, 0.6) is 0 Å². The van der Waals surface area contributed by atoms with Gasteiger partial charge in [-0.05, 0) is 48.7 Å². The Labute approximate surface area is 179 Å². The summed E-state index contributed by atoms with van der Waals surface area (Å²) in [4.78, 5) is 28.1. The Balaban J connectivity index is 1.73. The topological polar surface area (TPSA) is 71.0 Å². The smallest absolute Gasteiger partial charge is 0.261 e. The number of hydrogen-bond donors (Lipinski definition) is 1. The van der Waals surface area contributed by atoms with E-state index >= 15 is 0 Å². The number of rotatable bonds is 5. The van der Waals surface area contributed by atoms with E-state index < -0.39 is 12.1 Å². The van der Waals surface area contributed by atoms with E-state index in [-0.39, 0.29) is 23.8 Å². The minimum atomic E-state index is -0.979. The molecule has 0 saturated carbocycles. The lowest BCUT2D eigenvalue weighted by Crippen LogP contribution is -2.26. The molecule has 1 fully saturated rings. The molecule has 1 aliphatic rings. The average Bonchev–Trinajstić information content (AvgIpc) is 3.20. The van der Waals surface area contributed by atoms with Gasteiger partial charge in [-0.25, -0.2) is 18.7 Å². The number of carbonyl (C=O) groups excluding carboxylic acids is 1. The highest BCUT2D eigenvalue weighted by Gasteiger charge is 2.29. The van der Waals surface area contributed by atoms with Gasteiger partial charge < -0.3 is 10.2 Å². The number of aromatic nitrogens is 3. The zero-order chi connectivity index (χ0) is 22.0. The molecule has 3 heterocycles. The Hall–Kier alpha value is -3.42. The first-order chi connectivity index (χ1) is 14.9. The highest BCUT2D eigenvalue weighted by Crippen LogP contribution is 2.31. The highest BCUT2D eigenvalue weighted by atomic mass is 19.1. The fraction of sp³-hybridized carbons (Fsp3) is 0.304. The van der Waals surface area contributed by atoms with Gasteiger partial charge in [0.15, 0.2) is 0 Å². The molecule has 1 N–H and O–H groups in total. The Morgan fingerprint density at radius 2 is 1.90 bits per heavy atom. The van der Waals surface area contributed by atoms with E-state index in [1.54, 1.807) is 29.3 Å². The summed E-state index contributed by atoms with van der Waals surface area (Å²) in [5, 5.41) is 2.85. The predicted molar refractivity (Wildman–Crippen MR) is 115 cm³/mol. The van der Waals surface area contributed by atoms with Gasteiger partial charge in [0, 0.05) is 17.8 Å². The lowest BCUT2D eigenvalue weighted by atomic mass is 10.0. The van der Waals surface area contributed by atoms with Crippen LogP contribution in [0.4, 0.5) is 20.3 Å². The minimum absolute atomic E-state index is 0.158. The number of pyridine rings is 1. The van der Waals surface area contributed by atoms with Gasteiger partial charge in [0.1, 0.15) is 29.7 Å². The highest BCUT2D eigenvalue weighted by molar-refractivity contribution is 6.11. The van der Waals surface area contributed by atoms with E-state index in [0.29, 0.717) is 35.7 Å². The molecule has 1 amide bonds. The molecule has 1 aromatic carbocycles. The van der Waals surface area contributed by atoms with E-state index in [2.05, 4.69) is 20.3 Å². The van der Waals surface area contributed by atoms with Crippen LogP contribution in [0.3, 0.4) is 0 Å². The van der Waals surface area contributed by atoms with Crippen molar-refractivity contribution in [1.29, 1.82) is 0 Å². The predicted octanol–water partition coefficient (Wildman–Crippen LogP) is 4.60. The molecule has 4 rings (SSSR count). The van der Waals surface area contributed by atoms with Gasteiger partial charge >= 0.3 is 0 Å². The van der Waals surface area contributed by atoms with E-state index in [9.17, 15) is 13.6 Å². The van der Waals surface area contributed by atoms with Crippen molar-refractivity contribution in [2.24, 2.45) is 0 Å². The zero-order valence-electron chi connectivity index (χ0n) is 17.3. The monoisotopic (exact) mass is 423 g/mol. The first kappa shape index (κ1) is 20.8. The molecule has 1 aliphatic heterocycles. The number of amides is 1. The molecule has 8 heteroatoms. The molecular formula is C23H23F2N5O. The fourth-order valence-electron chi connectivity index (χ4n) is 3.58. The van der Waals surface area contributed by atoms with Gasteiger partial charge in [-0.15, -0.1) is 0 Å². The first-order valence-corrected chi connectivity index (χ1v) is 10.2. The van der Waals surface area contributed by atoms with Crippen molar-refractivity contribution in [2.75, 3.05) is 23.3 Å². The van der Waals surface area contributed by atoms with Crippen molar-refractivity contribution in [2.45, 2.75) is 32.4 Å². The minimum Gasteiger partial charge on any atom is -0.353 e. The maximum atomic E-state index is 13.9. The number of halogens is 2. The summed E-state index contributed by atoms with van der Waals surface area (Å²) in [6.07, 6.45) is 2.34. The molecule has 0 radical (unpaired) electrons. The molecular weight excluding hydrogens is 400 g/mol. The second-order valence-electron chi connectivity index (χ2n) is 7.84. The van der Waals surface area contributed by atoms with Crippen LogP contribution in [0.1, 0.15) is 42.2 Å². The van der Waals surface area contributed by atoms with E-state index in [4.69, 9.17) is 0 Å². The first-order valence-electron chi connectivity index (χ1n) is 10.2. The van der Waals surface area contributed by atoms with Crippen LogP contribution in [0, 0.1) is 5.82 Å². The number of carbonyl (C=O) groups is 1. The van der Waals surface area contributed by atoms with Crippen LogP contribution in [-0.4, -0.2) is 40.1 Å². The Kier molecular flexibility index (Phi) is 5.88. The Morgan fingerprint density at radius 3 is 2.52 bits per heavy atom. The molecule has 1 saturated heterocycles. The summed E-state index contributed by atoms with van der Waals surface area (Å²) in [7, 11) is 0. The van der Waals surface area contributed by atoms with Crippen LogP contribution in [-0.2, 0) is 0 Å². The molecule has 0 bridgehead atoms. The van der Waals surface area contributed by atoms with E-state index in [1.807, 2.05) is 19.9 Å². The number of benzene rings is 1. The summed E-state index contributed by atoms with van der Waals surface area (Å²) in [6, 6.07) is 9.37. The van der Waals surface area contributed by atoms with Crippen LogP contribution >= 0.6 is 0 Å². The van der Waals surface area contributed by atoms with Crippen LogP contribution < -0.4 is 10.2 Å². The van der Waals surface area contributed by atoms with Crippen molar-refractivity contribution in [3.05, 3.63) is 66.0 Å². The molecule has 2 aromatic heterocycles. The van der Waals surface area contributed by atoms with Crippen molar-refractivity contribution in [3.63, 3.8) is 0 Å². The number of nitrogens with one attached hydrogen (secondary N) is 1. The van der Waals surface area contributed by atoms with Gasteiger partial charge in [-0.2, -0.15) is 0 Å². The third-order valence-electron chi connectivity index (χ3n) is 5.24. The zero-order valence-corrected chi connectivity index (χ0v) is 17.3. The third kappa shape index (κ3) is 4.52. The molecule has 3 aromatic rings. The van der Waals surface area contributed by atoms with Crippen LogP contribution in [0.2, 0.25) is 0 Å². The molecule has 0 aliphatic carbocycles. The number of hydrogen-bond acceptors (Lipinski definition) is 5. The van der Waals surface area contributed by atoms with Crippen molar-refractivity contribution in [1.82, 2.24) is 15.0 Å². The Morgan fingerprint density at radius 1 is 1.13 bits per heavy atom. The van der Waals surface area contributed by atoms with Crippen LogP contribution in [0.25, 0.3) is 11.3 Å². The normalized spacial score (nSPS) is 16.0. The second kappa shape index (κ2) is 8.75. The third-order valence-corrected chi connectivity index (χ3v) is 5.24. The Bertz CT molecular complexity index is 1070. The molecule has 160 valence electrons. The second-order valence-corrected chi connectivity index (χ2v) is 7.84. The lowest BCUT2D eigenvalue weighted by Gasteiger charge is -2.21. The van der Waals surface area contributed by atoms with E-state index in [1.165, 1.54) is 18.5 Å². The number of alkyl halides is 1.